The second-order valence-corrected chi connectivity index (χ2v) is 2.85. The molecule has 0 fully saturated rings. The lowest BCUT2D eigenvalue weighted by molar-refractivity contribution is -0.107. The van der Waals surface area contributed by atoms with Gasteiger partial charge in [0.05, 0.1) is 0 Å². The van der Waals surface area contributed by atoms with E-state index < -0.39 is 0 Å². The van der Waals surface area contributed by atoms with Gasteiger partial charge in [0, 0.05) is 6.42 Å². The first kappa shape index (κ1) is 9.52. The lowest BCUT2D eigenvalue weighted by atomic mass is 10.1. The van der Waals surface area contributed by atoms with E-state index in [0.29, 0.717) is 12.2 Å². The zero-order chi connectivity index (χ0) is 9.68. The Bertz CT molecular complexity index is 327. The maximum atomic E-state index is 10.0. The molecule has 0 aliphatic heterocycles. The summed E-state index contributed by atoms with van der Waals surface area (Å²) in [4.78, 5) is 10.0. The Kier molecular flexibility index (Phi) is 3.26. The standard InChI is InChI=1S/C11H12O2/c1-9-8-10(4-2-3-7-12)5-6-11(9)13/h2,4-8,13H,3H2,1H3. The number of phenols is 1. The van der Waals surface area contributed by atoms with Crippen molar-refractivity contribution in [2.24, 2.45) is 0 Å². The number of phenolic OH excluding ortho intramolecular Hbond substituents is 1. The Hall–Kier alpha value is -1.57. The van der Waals surface area contributed by atoms with E-state index in [1.807, 2.05) is 25.1 Å². The number of carbonyl (C=O) groups is 1. The molecule has 0 spiro atoms. The molecule has 0 radical (unpaired) electrons. The zero-order valence-corrected chi connectivity index (χ0v) is 7.53. The number of aldehydes is 1. The molecule has 0 unspecified atom stereocenters. The van der Waals surface area contributed by atoms with Crippen LogP contribution in [0.3, 0.4) is 0 Å². The first-order chi connectivity index (χ1) is 6.24. The van der Waals surface area contributed by atoms with Gasteiger partial charge in [-0.05, 0) is 30.2 Å². The lowest BCUT2D eigenvalue weighted by Gasteiger charge is -1.98. The molecule has 1 aromatic rings. The van der Waals surface area contributed by atoms with Crippen molar-refractivity contribution in [3.05, 3.63) is 35.4 Å². The molecule has 2 nitrogen and oxygen atoms in total. The summed E-state index contributed by atoms with van der Waals surface area (Å²) in [6.07, 6.45) is 4.93. The van der Waals surface area contributed by atoms with Crippen LogP contribution in [0.15, 0.2) is 24.3 Å². The third kappa shape index (κ3) is 2.75. The summed E-state index contributed by atoms with van der Waals surface area (Å²) in [5.41, 5.74) is 1.84. The van der Waals surface area contributed by atoms with E-state index in [1.54, 1.807) is 12.1 Å². The van der Waals surface area contributed by atoms with E-state index in [9.17, 15) is 9.90 Å². The monoisotopic (exact) mass is 176 g/mol. The number of aromatic hydroxyl groups is 1. The van der Waals surface area contributed by atoms with Crippen LogP contribution in [0, 0.1) is 6.92 Å². The Labute approximate surface area is 77.5 Å². The average molecular weight is 176 g/mol. The number of aryl methyl sites for hydroxylation is 1. The van der Waals surface area contributed by atoms with Crippen molar-refractivity contribution >= 4 is 12.4 Å². The molecule has 0 amide bonds. The number of carbonyl (C=O) groups excluding carboxylic acids is 1. The molecule has 0 aromatic heterocycles. The minimum Gasteiger partial charge on any atom is -0.508 e. The molecular formula is C11H12O2. The second kappa shape index (κ2) is 4.45. The first-order valence-electron chi connectivity index (χ1n) is 4.14. The van der Waals surface area contributed by atoms with E-state index in [4.69, 9.17) is 0 Å². The second-order valence-electron chi connectivity index (χ2n) is 2.85. The molecule has 0 saturated carbocycles. The Morgan fingerprint density at radius 2 is 2.23 bits per heavy atom. The van der Waals surface area contributed by atoms with Gasteiger partial charge in [0.25, 0.3) is 0 Å². The summed E-state index contributed by atoms with van der Waals surface area (Å²) in [5, 5.41) is 9.24. The summed E-state index contributed by atoms with van der Waals surface area (Å²) in [7, 11) is 0. The smallest absolute Gasteiger partial charge is 0.123 e. The molecule has 13 heavy (non-hydrogen) atoms. The van der Waals surface area contributed by atoms with Crippen molar-refractivity contribution in [3.63, 3.8) is 0 Å². The highest BCUT2D eigenvalue weighted by Crippen LogP contribution is 2.17. The van der Waals surface area contributed by atoms with Crippen molar-refractivity contribution in [1.82, 2.24) is 0 Å². The molecule has 0 bridgehead atoms. The molecule has 2 heteroatoms. The fourth-order valence-corrected chi connectivity index (χ4v) is 1.04. The first-order valence-corrected chi connectivity index (χ1v) is 4.14. The zero-order valence-electron chi connectivity index (χ0n) is 7.53. The van der Waals surface area contributed by atoms with E-state index in [2.05, 4.69) is 0 Å². The van der Waals surface area contributed by atoms with Crippen molar-refractivity contribution in [2.75, 3.05) is 0 Å². The normalized spacial score (nSPS) is 10.5. The third-order valence-corrected chi connectivity index (χ3v) is 1.76. The van der Waals surface area contributed by atoms with Crippen LogP contribution in [0.4, 0.5) is 0 Å². The molecule has 1 N–H and O–H groups in total. The Balaban J connectivity index is 2.79. The Morgan fingerprint density at radius 3 is 2.85 bits per heavy atom. The highest BCUT2D eigenvalue weighted by molar-refractivity contribution is 5.58. The number of allylic oxidation sites excluding steroid dienone is 1. The molecule has 0 aliphatic carbocycles. The molecule has 0 aliphatic rings. The van der Waals surface area contributed by atoms with Crippen molar-refractivity contribution < 1.29 is 9.90 Å². The predicted octanol–water partition coefficient (Wildman–Crippen LogP) is 2.30. The van der Waals surface area contributed by atoms with E-state index >= 15 is 0 Å². The van der Waals surface area contributed by atoms with Crippen molar-refractivity contribution in [3.8, 4) is 5.75 Å². The van der Waals surface area contributed by atoms with Gasteiger partial charge in [0.2, 0.25) is 0 Å². The predicted molar refractivity (Wildman–Crippen MR) is 52.6 cm³/mol. The van der Waals surface area contributed by atoms with Crippen LogP contribution < -0.4 is 0 Å². The van der Waals surface area contributed by atoms with E-state index in [0.717, 1.165) is 17.4 Å². The molecule has 0 atom stereocenters. The Morgan fingerprint density at radius 1 is 1.46 bits per heavy atom. The van der Waals surface area contributed by atoms with Gasteiger partial charge in [-0.1, -0.05) is 18.2 Å². The van der Waals surface area contributed by atoms with Gasteiger partial charge >= 0.3 is 0 Å². The highest BCUT2D eigenvalue weighted by Gasteiger charge is 1.94. The average Bonchev–Trinajstić information content (AvgIpc) is 2.12. The molecule has 68 valence electrons. The fourth-order valence-electron chi connectivity index (χ4n) is 1.04. The van der Waals surface area contributed by atoms with Crippen LogP contribution >= 0.6 is 0 Å². The van der Waals surface area contributed by atoms with Gasteiger partial charge in [-0.2, -0.15) is 0 Å². The fraction of sp³-hybridized carbons (Fsp3) is 0.182. The van der Waals surface area contributed by atoms with Crippen LogP contribution in [0.2, 0.25) is 0 Å². The number of benzene rings is 1. The maximum Gasteiger partial charge on any atom is 0.123 e. The minimum atomic E-state index is 0.299. The van der Waals surface area contributed by atoms with Crippen molar-refractivity contribution in [1.29, 1.82) is 0 Å². The molecule has 0 saturated heterocycles. The summed E-state index contributed by atoms with van der Waals surface area (Å²) < 4.78 is 0. The van der Waals surface area contributed by atoms with Crippen LogP contribution in [-0.4, -0.2) is 11.4 Å². The third-order valence-electron chi connectivity index (χ3n) is 1.76. The summed E-state index contributed by atoms with van der Waals surface area (Å²) in [6, 6.07) is 5.33. The SMILES string of the molecule is Cc1cc(C=CCC=O)ccc1O. The van der Waals surface area contributed by atoms with Crippen LogP contribution in [0.5, 0.6) is 5.75 Å². The molecule has 1 aromatic carbocycles. The van der Waals surface area contributed by atoms with Gasteiger partial charge in [0.15, 0.2) is 0 Å². The lowest BCUT2D eigenvalue weighted by Crippen LogP contribution is -1.77. The van der Waals surface area contributed by atoms with Crippen molar-refractivity contribution in [2.45, 2.75) is 13.3 Å². The maximum absolute atomic E-state index is 10.0. The number of hydrogen-bond acceptors (Lipinski definition) is 2. The van der Waals surface area contributed by atoms with E-state index in [1.165, 1.54) is 0 Å². The molecule has 0 heterocycles. The number of hydrogen-bond donors (Lipinski definition) is 1. The number of rotatable bonds is 3. The van der Waals surface area contributed by atoms with E-state index in [-0.39, 0.29) is 0 Å². The summed E-state index contributed by atoms with van der Waals surface area (Å²) in [5.74, 6) is 0.299. The quantitative estimate of drug-likeness (QED) is 0.717. The van der Waals surface area contributed by atoms with Crippen LogP contribution in [0.25, 0.3) is 6.08 Å². The van der Waals surface area contributed by atoms with Crippen LogP contribution in [0.1, 0.15) is 17.5 Å². The summed E-state index contributed by atoms with van der Waals surface area (Å²) >= 11 is 0. The van der Waals surface area contributed by atoms with Gasteiger partial charge < -0.3 is 9.90 Å². The topological polar surface area (TPSA) is 37.3 Å². The largest absolute Gasteiger partial charge is 0.508 e. The van der Waals surface area contributed by atoms with Gasteiger partial charge in [-0.3, -0.25) is 0 Å². The van der Waals surface area contributed by atoms with Crippen LogP contribution in [-0.2, 0) is 4.79 Å². The van der Waals surface area contributed by atoms with Gasteiger partial charge in [0.1, 0.15) is 12.0 Å². The molecule has 1 rings (SSSR count). The van der Waals surface area contributed by atoms with Gasteiger partial charge in [-0.15, -0.1) is 0 Å². The molecular weight excluding hydrogens is 164 g/mol. The summed E-state index contributed by atoms with van der Waals surface area (Å²) in [6.45, 7) is 1.84. The highest BCUT2D eigenvalue weighted by atomic mass is 16.3. The minimum absolute atomic E-state index is 0.299. The van der Waals surface area contributed by atoms with Gasteiger partial charge in [-0.25, -0.2) is 0 Å².